The average molecular weight is 485 g/mol. The van der Waals surface area contributed by atoms with Crippen LogP contribution in [0.3, 0.4) is 0 Å². The van der Waals surface area contributed by atoms with Crippen LogP contribution in [0.2, 0.25) is 0 Å². The standard InChI is InChI=1S/C24H25BF3N4O3/c1-23-19(30(2)21(25)31(20(23)34)13-8-14-33)29-22(32(23)15-16-9-4-3-5-10-16)35-18-12-7-6-11-17(18)24(26,27)28/h3-7,9-12,19,33H,8,13-15H2,1-2H3. The summed E-state index contributed by atoms with van der Waals surface area (Å²) in [5, 5.41) is 9.29. The third kappa shape index (κ3) is 4.40. The fourth-order valence-electron chi connectivity index (χ4n) is 4.43. The molecule has 2 aromatic carbocycles. The first-order valence-electron chi connectivity index (χ1n) is 11.1. The van der Waals surface area contributed by atoms with E-state index in [0.29, 0.717) is 6.42 Å². The quantitative estimate of drug-likeness (QED) is 0.637. The number of aliphatic hydroxyl groups excluding tert-OH is 1. The Balaban J connectivity index is 1.78. The molecule has 2 unspecified atom stereocenters. The molecule has 0 spiro atoms. The van der Waals surface area contributed by atoms with Gasteiger partial charge in [0.05, 0.1) is 0 Å². The second-order valence-electron chi connectivity index (χ2n) is 8.60. The molecule has 0 bridgehead atoms. The molecule has 1 N–H and O–H groups in total. The Morgan fingerprint density at radius 3 is 2.46 bits per heavy atom. The van der Waals surface area contributed by atoms with Crippen molar-refractivity contribution in [1.29, 1.82) is 0 Å². The molecule has 1 fully saturated rings. The van der Waals surface area contributed by atoms with Crippen molar-refractivity contribution in [1.82, 2.24) is 14.7 Å². The molecule has 2 aliphatic rings. The molecule has 2 aromatic rings. The second kappa shape index (κ2) is 9.37. The van der Waals surface area contributed by atoms with E-state index in [2.05, 4.69) is 4.99 Å². The molecular formula is C24H25BF3N4O3. The maximum absolute atomic E-state index is 13.8. The van der Waals surface area contributed by atoms with Crippen LogP contribution in [-0.2, 0) is 17.5 Å². The van der Waals surface area contributed by atoms with E-state index in [1.807, 2.05) is 30.3 Å². The summed E-state index contributed by atoms with van der Waals surface area (Å²) < 4.78 is 46.7. The maximum atomic E-state index is 13.8. The molecule has 183 valence electrons. The van der Waals surface area contributed by atoms with Gasteiger partial charge in [0.2, 0.25) is 0 Å². The van der Waals surface area contributed by atoms with Crippen molar-refractivity contribution in [2.24, 2.45) is 4.99 Å². The summed E-state index contributed by atoms with van der Waals surface area (Å²) in [6.07, 6.45) is -5.16. The molecule has 2 aliphatic heterocycles. The Labute approximate surface area is 202 Å². The number of carbonyl (C=O) groups excluding carboxylic acids is 1. The van der Waals surface area contributed by atoms with Crippen molar-refractivity contribution in [3.05, 3.63) is 65.7 Å². The predicted molar refractivity (Wildman–Crippen MR) is 126 cm³/mol. The molecule has 2 atom stereocenters. The third-order valence-corrected chi connectivity index (χ3v) is 6.33. The Morgan fingerprint density at radius 2 is 1.80 bits per heavy atom. The minimum atomic E-state index is -4.64. The van der Waals surface area contributed by atoms with Gasteiger partial charge < -0.3 is 0 Å². The molecule has 11 heteroatoms. The van der Waals surface area contributed by atoms with E-state index in [9.17, 15) is 23.1 Å². The SMILES string of the molecule is [B]=C1N(CCCO)C(=O)C2(C)C(N=C(Oc3ccccc3C(F)(F)F)N2Cc2ccccc2)N1C. The van der Waals surface area contributed by atoms with Crippen molar-refractivity contribution in [2.45, 2.75) is 37.8 Å². The summed E-state index contributed by atoms with van der Waals surface area (Å²) in [5.74, 6) is -0.794. The minimum absolute atomic E-state index is 0.116. The summed E-state index contributed by atoms with van der Waals surface area (Å²) in [5.41, 5.74) is -1.32. The van der Waals surface area contributed by atoms with E-state index in [-0.39, 0.29) is 37.3 Å². The van der Waals surface area contributed by atoms with Crippen molar-refractivity contribution in [3.63, 3.8) is 0 Å². The van der Waals surface area contributed by atoms with Crippen molar-refractivity contribution >= 4 is 25.1 Å². The molecule has 1 amide bonds. The Kier molecular flexibility index (Phi) is 6.63. The number of benzene rings is 2. The zero-order chi connectivity index (χ0) is 25.4. The van der Waals surface area contributed by atoms with Crippen molar-refractivity contribution in [3.8, 4) is 5.75 Å². The number of alkyl halides is 3. The Morgan fingerprint density at radius 1 is 1.14 bits per heavy atom. The van der Waals surface area contributed by atoms with Crippen LogP contribution >= 0.6 is 0 Å². The van der Waals surface area contributed by atoms with E-state index in [1.54, 1.807) is 23.8 Å². The normalized spacial score (nSPS) is 22.4. The molecule has 1 saturated heterocycles. The van der Waals surface area contributed by atoms with Crippen LogP contribution in [0.15, 0.2) is 59.6 Å². The monoisotopic (exact) mass is 485 g/mol. The van der Waals surface area contributed by atoms with E-state index >= 15 is 0 Å². The van der Waals surface area contributed by atoms with Gasteiger partial charge in [-0.25, -0.2) is 0 Å². The fourth-order valence-corrected chi connectivity index (χ4v) is 4.43. The number of rotatable bonds is 6. The van der Waals surface area contributed by atoms with Crippen LogP contribution in [0.25, 0.3) is 0 Å². The zero-order valence-corrected chi connectivity index (χ0v) is 19.4. The summed E-state index contributed by atoms with van der Waals surface area (Å²) in [7, 11) is 7.89. The number of nitrogens with zero attached hydrogens (tertiary/aromatic N) is 4. The first-order valence-corrected chi connectivity index (χ1v) is 11.1. The molecular weight excluding hydrogens is 460 g/mol. The van der Waals surface area contributed by atoms with Crippen LogP contribution in [0.1, 0.15) is 24.5 Å². The van der Waals surface area contributed by atoms with Gasteiger partial charge in [0.1, 0.15) is 0 Å². The van der Waals surface area contributed by atoms with Crippen LogP contribution < -0.4 is 4.74 Å². The first-order chi connectivity index (χ1) is 16.6. The van der Waals surface area contributed by atoms with Crippen LogP contribution in [0.4, 0.5) is 13.2 Å². The number of hydrogen-bond acceptors (Lipinski definition) is 6. The molecule has 7 nitrogen and oxygen atoms in total. The fraction of sp³-hybridized carbons (Fsp3) is 0.375. The Hall–Kier alpha value is -3.34. The number of fused-ring (bicyclic) bond motifs is 1. The number of aliphatic hydroxyl groups is 1. The van der Waals surface area contributed by atoms with E-state index in [0.717, 1.165) is 11.6 Å². The molecule has 0 saturated carbocycles. The summed E-state index contributed by atoms with van der Waals surface area (Å²) in [4.78, 5) is 22.9. The zero-order valence-electron chi connectivity index (χ0n) is 19.4. The van der Waals surface area contributed by atoms with Gasteiger partial charge in [0, 0.05) is 0 Å². The molecule has 2 heterocycles. The number of ether oxygens (including phenoxy) is 1. The summed E-state index contributed by atoms with van der Waals surface area (Å²) >= 11 is 0. The first kappa shape index (κ1) is 24.8. The number of carbonyl (C=O) groups is 1. The number of para-hydroxylation sites is 1. The number of halogens is 3. The third-order valence-electron chi connectivity index (χ3n) is 6.33. The van der Waals surface area contributed by atoms with Gasteiger partial charge in [-0.3, -0.25) is 0 Å². The Bertz CT molecular complexity index is 1140. The van der Waals surface area contributed by atoms with Gasteiger partial charge in [-0.15, -0.1) is 0 Å². The van der Waals surface area contributed by atoms with Crippen molar-refractivity contribution in [2.75, 3.05) is 20.2 Å². The van der Waals surface area contributed by atoms with Gasteiger partial charge in [-0.1, -0.05) is 0 Å². The second-order valence-corrected chi connectivity index (χ2v) is 8.60. The van der Waals surface area contributed by atoms with Gasteiger partial charge in [0.15, 0.2) is 0 Å². The van der Waals surface area contributed by atoms with Crippen molar-refractivity contribution < 1.29 is 27.8 Å². The van der Waals surface area contributed by atoms with Gasteiger partial charge in [-0.2, -0.15) is 0 Å². The number of amidine groups is 1. The number of amides is 1. The molecule has 1 radical (unpaired) electrons. The van der Waals surface area contributed by atoms with Crippen LogP contribution in [0.5, 0.6) is 5.75 Å². The number of aliphatic imine (C=N–C) groups is 1. The topological polar surface area (TPSA) is 68.6 Å². The average Bonchev–Trinajstić information content (AvgIpc) is 3.11. The molecule has 0 aromatic heterocycles. The van der Waals surface area contributed by atoms with Gasteiger partial charge in [-0.05, 0) is 0 Å². The summed E-state index contributed by atoms with van der Waals surface area (Å²) in [6.45, 7) is 1.88. The predicted octanol–water partition coefficient (Wildman–Crippen LogP) is 2.45. The van der Waals surface area contributed by atoms with Gasteiger partial charge >= 0.3 is 202 Å². The molecule has 0 aliphatic carbocycles. The van der Waals surface area contributed by atoms with Crippen LogP contribution in [0, 0.1) is 0 Å². The summed E-state index contributed by atoms with van der Waals surface area (Å²) in [6, 6.07) is 13.9. The van der Waals surface area contributed by atoms with E-state index in [4.69, 9.17) is 12.2 Å². The van der Waals surface area contributed by atoms with Gasteiger partial charge in [0.25, 0.3) is 0 Å². The van der Waals surface area contributed by atoms with E-state index < -0.39 is 29.2 Å². The molecule has 35 heavy (non-hydrogen) atoms. The number of likely N-dealkylation sites (N-methyl/N-ethyl adjacent to an activating group) is 1. The van der Waals surface area contributed by atoms with E-state index in [1.165, 1.54) is 23.1 Å². The number of hydrogen-bond donors (Lipinski definition) is 1. The molecule has 4 rings (SSSR count). The van der Waals surface area contributed by atoms with Crippen LogP contribution in [-0.4, -0.2) is 76.8 Å².